The summed E-state index contributed by atoms with van der Waals surface area (Å²) in [5.41, 5.74) is 0.398. The number of carbonyl (C=O) groups excluding carboxylic acids is 1. The van der Waals surface area contributed by atoms with Crippen molar-refractivity contribution in [1.29, 1.82) is 0 Å². The van der Waals surface area contributed by atoms with E-state index in [-0.39, 0.29) is 11.9 Å². The second-order valence-corrected chi connectivity index (χ2v) is 4.70. The van der Waals surface area contributed by atoms with Gasteiger partial charge in [-0.05, 0) is 19.1 Å². The van der Waals surface area contributed by atoms with Gasteiger partial charge in [0.1, 0.15) is 5.69 Å². The fourth-order valence-electron chi connectivity index (χ4n) is 1.48. The molecule has 2 aromatic rings. The zero-order chi connectivity index (χ0) is 13.0. The normalized spacial score (nSPS) is 12.3. The van der Waals surface area contributed by atoms with E-state index in [2.05, 4.69) is 10.3 Å². The molecule has 0 saturated carbocycles. The van der Waals surface area contributed by atoms with E-state index < -0.39 is 0 Å². The maximum atomic E-state index is 11.9. The monoisotopic (exact) mass is 266 g/mol. The third kappa shape index (κ3) is 2.96. The minimum atomic E-state index is -0.200. The molecule has 0 aliphatic rings. The number of nitrogens with one attached hydrogen (secondary N) is 1. The number of amides is 1. The summed E-state index contributed by atoms with van der Waals surface area (Å²) in [6, 6.07) is 3.56. The summed E-state index contributed by atoms with van der Waals surface area (Å²) in [7, 11) is 1.60. The highest BCUT2D eigenvalue weighted by Crippen LogP contribution is 2.23. The molecule has 1 amide bonds. The van der Waals surface area contributed by atoms with E-state index in [1.165, 1.54) is 11.3 Å². The largest absolute Gasteiger partial charge is 0.462 e. The van der Waals surface area contributed by atoms with Gasteiger partial charge in [0.25, 0.3) is 5.91 Å². The molecule has 0 fully saturated rings. The SMILES string of the molecule is COCC(C)NC(=O)c1csc(-c2ccco2)n1. The highest BCUT2D eigenvalue weighted by molar-refractivity contribution is 7.13. The molecule has 5 nitrogen and oxygen atoms in total. The molecule has 2 aromatic heterocycles. The van der Waals surface area contributed by atoms with Crippen molar-refractivity contribution in [2.24, 2.45) is 0 Å². The number of ether oxygens (including phenoxy) is 1. The Kier molecular flexibility index (Phi) is 4.11. The van der Waals surface area contributed by atoms with Crippen LogP contribution in [0.3, 0.4) is 0 Å². The van der Waals surface area contributed by atoms with Crippen LogP contribution in [0.25, 0.3) is 10.8 Å². The molecule has 2 rings (SSSR count). The molecule has 0 radical (unpaired) electrons. The Balaban J connectivity index is 2.04. The first-order valence-electron chi connectivity index (χ1n) is 5.50. The van der Waals surface area contributed by atoms with Gasteiger partial charge in [-0.3, -0.25) is 4.79 Å². The summed E-state index contributed by atoms with van der Waals surface area (Å²) in [5, 5.41) is 5.22. The van der Waals surface area contributed by atoms with E-state index in [0.29, 0.717) is 23.1 Å². The number of aromatic nitrogens is 1. The quantitative estimate of drug-likeness (QED) is 0.900. The molecule has 2 heterocycles. The van der Waals surface area contributed by atoms with Crippen LogP contribution >= 0.6 is 11.3 Å². The van der Waals surface area contributed by atoms with E-state index in [0.717, 1.165) is 0 Å². The van der Waals surface area contributed by atoms with Gasteiger partial charge in [-0.1, -0.05) is 0 Å². The predicted molar refractivity (Wildman–Crippen MR) is 68.6 cm³/mol. The van der Waals surface area contributed by atoms with Crippen LogP contribution in [-0.2, 0) is 4.74 Å². The fraction of sp³-hybridized carbons (Fsp3) is 0.333. The van der Waals surface area contributed by atoms with Crippen molar-refractivity contribution < 1.29 is 13.9 Å². The second kappa shape index (κ2) is 5.79. The maximum absolute atomic E-state index is 11.9. The fourth-order valence-corrected chi connectivity index (χ4v) is 2.25. The zero-order valence-electron chi connectivity index (χ0n) is 10.2. The van der Waals surface area contributed by atoms with E-state index in [1.807, 2.05) is 13.0 Å². The third-order valence-corrected chi connectivity index (χ3v) is 3.12. The Morgan fingerprint density at radius 2 is 2.50 bits per heavy atom. The van der Waals surface area contributed by atoms with Crippen molar-refractivity contribution >= 4 is 17.2 Å². The minimum Gasteiger partial charge on any atom is -0.462 e. The Bertz CT molecular complexity index is 507. The van der Waals surface area contributed by atoms with Crippen molar-refractivity contribution in [3.63, 3.8) is 0 Å². The smallest absolute Gasteiger partial charge is 0.271 e. The maximum Gasteiger partial charge on any atom is 0.271 e. The number of carbonyl (C=O) groups is 1. The summed E-state index contributed by atoms with van der Waals surface area (Å²) < 4.78 is 10.2. The van der Waals surface area contributed by atoms with Gasteiger partial charge in [-0.15, -0.1) is 11.3 Å². The highest BCUT2D eigenvalue weighted by Gasteiger charge is 2.14. The van der Waals surface area contributed by atoms with Gasteiger partial charge in [-0.2, -0.15) is 0 Å². The number of hydrogen-bond acceptors (Lipinski definition) is 5. The number of rotatable bonds is 5. The van der Waals surface area contributed by atoms with Gasteiger partial charge in [0.2, 0.25) is 0 Å². The second-order valence-electron chi connectivity index (χ2n) is 3.85. The molecular weight excluding hydrogens is 252 g/mol. The molecule has 96 valence electrons. The van der Waals surface area contributed by atoms with Crippen LogP contribution in [0.15, 0.2) is 28.2 Å². The molecule has 1 atom stereocenters. The first kappa shape index (κ1) is 12.8. The lowest BCUT2D eigenvalue weighted by molar-refractivity contribution is 0.0901. The Morgan fingerprint density at radius 1 is 1.67 bits per heavy atom. The number of hydrogen-bond donors (Lipinski definition) is 1. The molecule has 0 bridgehead atoms. The van der Waals surface area contributed by atoms with Crippen molar-refractivity contribution in [1.82, 2.24) is 10.3 Å². The summed E-state index contributed by atoms with van der Waals surface area (Å²) in [6.45, 7) is 2.35. The number of nitrogens with zero attached hydrogens (tertiary/aromatic N) is 1. The van der Waals surface area contributed by atoms with E-state index in [4.69, 9.17) is 9.15 Å². The first-order chi connectivity index (χ1) is 8.70. The van der Waals surface area contributed by atoms with Gasteiger partial charge in [0.05, 0.1) is 12.9 Å². The number of thiazole rings is 1. The lowest BCUT2D eigenvalue weighted by Gasteiger charge is -2.11. The number of methoxy groups -OCH3 is 1. The van der Waals surface area contributed by atoms with Crippen LogP contribution in [-0.4, -0.2) is 30.6 Å². The molecule has 1 N–H and O–H groups in total. The van der Waals surface area contributed by atoms with Crippen molar-refractivity contribution in [3.05, 3.63) is 29.5 Å². The van der Waals surface area contributed by atoms with Crippen LogP contribution in [0, 0.1) is 0 Å². The highest BCUT2D eigenvalue weighted by atomic mass is 32.1. The summed E-state index contributed by atoms with van der Waals surface area (Å²) in [4.78, 5) is 16.1. The number of furan rings is 1. The molecule has 6 heteroatoms. The average molecular weight is 266 g/mol. The molecular formula is C12H14N2O3S. The van der Waals surface area contributed by atoms with Gasteiger partial charge in [0.15, 0.2) is 10.8 Å². The zero-order valence-corrected chi connectivity index (χ0v) is 11.0. The summed E-state index contributed by atoms with van der Waals surface area (Å²) >= 11 is 1.38. The Morgan fingerprint density at radius 3 is 3.17 bits per heavy atom. The minimum absolute atomic E-state index is 0.0451. The molecule has 0 aliphatic heterocycles. The summed E-state index contributed by atoms with van der Waals surface area (Å²) in [6.07, 6.45) is 1.58. The molecule has 0 aromatic carbocycles. The lowest BCUT2D eigenvalue weighted by Crippen LogP contribution is -2.35. The lowest BCUT2D eigenvalue weighted by atomic mass is 10.3. The van der Waals surface area contributed by atoms with Gasteiger partial charge >= 0.3 is 0 Å². The van der Waals surface area contributed by atoms with Crippen molar-refractivity contribution in [2.45, 2.75) is 13.0 Å². The van der Waals surface area contributed by atoms with Crippen LogP contribution in [0.4, 0.5) is 0 Å². The molecule has 1 unspecified atom stereocenters. The molecule has 18 heavy (non-hydrogen) atoms. The van der Waals surface area contributed by atoms with Gasteiger partial charge < -0.3 is 14.5 Å². The molecule has 0 saturated heterocycles. The van der Waals surface area contributed by atoms with E-state index in [1.54, 1.807) is 24.8 Å². The molecule has 0 spiro atoms. The standard InChI is InChI=1S/C12H14N2O3S/c1-8(6-16-2)13-11(15)9-7-18-12(14-9)10-4-3-5-17-10/h3-5,7-8H,6H2,1-2H3,(H,13,15). The van der Waals surface area contributed by atoms with Gasteiger partial charge in [-0.25, -0.2) is 4.98 Å². The Labute approximate surface area is 109 Å². The van der Waals surface area contributed by atoms with Crippen LogP contribution in [0.5, 0.6) is 0 Å². The predicted octanol–water partition coefficient (Wildman–Crippen LogP) is 2.17. The van der Waals surface area contributed by atoms with Crippen LogP contribution in [0.2, 0.25) is 0 Å². The van der Waals surface area contributed by atoms with Crippen LogP contribution in [0.1, 0.15) is 17.4 Å². The van der Waals surface area contributed by atoms with Gasteiger partial charge in [0, 0.05) is 18.5 Å². The average Bonchev–Trinajstić information content (AvgIpc) is 3.00. The van der Waals surface area contributed by atoms with E-state index in [9.17, 15) is 4.79 Å². The summed E-state index contributed by atoms with van der Waals surface area (Å²) in [5.74, 6) is 0.470. The van der Waals surface area contributed by atoms with E-state index >= 15 is 0 Å². The third-order valence-electron chi connectivity index (χ3n) is 2.26. The topological polar surface area (TPSA) is 64.4 Å². The van der Waals surface area contributed by atoms with Crippen molar-refractivity contribution in [3.8, 4) is 10.8 Å². The van der Waals surface area contributed by atoms with Crippen LogP contribution < -0.4 is 5.32 Å². The molecule has 0 aliphatic carbocycles. The van der Waals surface area contributed by atoms with Crippen molar-refractivity contribution in [2.75, 3.05) is 13.7 Å². The first-order valence-corrected chi connectivity index (χ1v) is 6.38. The Hall–Kier alpha value is -1.66.